The van der Waals surface area contributed by atoms with Crippen molar-refractivity contribution < 1.29 is 14.3 Å². The summed E-state index contributed by atoms with van der Waals surface area (Å²) >= 11 is 3.42. The summed E-state index contributed by atoms with van der Waals surface area (Å²) in [6.45, 7) is 3.84. The molecular weight excluding hydrogens is 422 g/mol. The Balaban J connectivity index is 2.02. The maximum Gasteiger partial charge on any atom is 0.343 e. The number of esters is 1. The number of methoxy groups -OCH3 is 1. The van der Waals surface area contributed by atoms with E-state index in [4.69, 9.17) is 4.74 Å². The van der Waals surface area contributed by atoms with E-state index >= 15 is 0 Å². The molecule has 0 aliphatic heterocycles. The van der Waals surface area contributed by atoms with Gasteiger partial charge in [-0.05, 0) is 61.4 Å². The fraction of sp³-hybridized carbons (Fsp3) is 0.190. The van der Waals surface area contributed by atoms with Crippen LogP contribution in [0.3, 0.4) is 0 Å². The van der Waals surface area contributed by atoms with Gasteiger partial charge >= 0.3 is 5.97 Å². The highest BCUT2D eigenvalue weighted by Crippen LogP contribution is 2.28. The van der Waals surface area contributed by atoms with Gasteiger partial charge in [-0.25, -0.2) is 9.78 Å². The number of carbonyl (C=O) groups excluding carboxylic acids is 1. The number of aromatic amines is 1. The molecule has 3 aromatic rings. The third-order valence-corrected chi connectivity index (χ3v) is 4.81. The van der Waals surface area contributed by atoms with E-state index in [2.05, 4.69) is 36.7 Å². The Morgan fingerprint density at radius 3 is 2.75 bits per heavy atom. The van der Waals surface area contributed by atoms with Crippen molar-refractivity contribution in [3.63, 3.8) is 0 Å². The summed E-state index contributed by atoms with van der Waals surface area (Å²) in [6.07, 6.45) is 1.68. The van der Waals surface area contributed by atoms with Crippen molar-refractivity contribution in [1.82, 2.24) is 9.97 Å². The van der Waals surface area contributed by atoms with Gasteiger partial charge in [-0.2, -0.15) is 5.26 Å². The smallest absolute Gasteiger partial charge is 0.343 e. The third-order valence-electron chi connectivity index (χ3n) is 4.32. The van der Waals surface area contributed by atoms with Crippen LogP contribution < -0.4 is 4.74 Å². The number of aryl methyl sites for hydroxylation is 2. The number of benzene rings is 2. The summed E-state index contributed by atoms with van der Waals surface area (Å²) in [7, 11) is 1.30. The number of ether oxygens (including phenoxy) is 2. The molecule has 2 aromatic carbocycles. The highest BCUT2D eigenvalue weighted by molar-refractivity contribution is 9.10. The number of allylic oxidation sites excluding steroid dienone is 1. The highest BCUT2D eigenvalue weighted by Gasteiger charge is 2.12. The van der Waals surface area contributed by atoms with Crippen LogP contribution in [0.1, 0.15) is 22.5 Å². The first-order valence-electron chi connectivity index (χ1n) is 8.49. The number of nitrogens with one attached hydrogen (secondary N) is 1. The molecule has 1 aromatic heterocycles. The Kier molecular flexibility index (Phi) is 5.81. The monoisotopic (exact) mass is 439 g/mol. The van der Waals surface area contributed by atoms with Gasteiger partial charge in [0.05, 0.1) is 23.7 Å². The third kappa shape index (κ3) is 4.24. The molecule has 6 nitrogen and oxygen atoms in total. The van der Waals surface area contributed by atoms with Gasteiger partial charge < -0.3 is 14.5 Å². The van der Waals surface area contributed by atoms with Crippen molar-refractivity contribution in [1.29, 1.82) is 5.26 Å². The van der Waals surface area contributed by atoms with Crippen LogP contribution in [0.15, 0.2) is 34.8 Å². The Hall–Kier alpha value is -3.11. The van der Waals surface area contributed by atoms with Gasteiger partial charge in [0, 0.05) is 10.0 Å². The van der Waals surface area contributed by atoms with Gasteiger partial charge in [0.25, 0.3) is 0 Å². The number of carbonyl (C=O) groups is 1. The molecule has 1 heterocycles. The SMILES string of the molecule is COC(=O)COc1ccc(Br)cc1/C=C(\C#N)c1nc2cc(C)c(C)cc2[nH]1. The zero-order valence-electron chi connectivity index (χ0n) is 15.7. The van der Waals surface area contributed by atoms with Crippen LogP contribution in [0.25, 0.3) is 22.7 Å². The first kappa shape index (κ1) is 19.6. The summed E-state index contributed by atoms with van der Waals surface area (Å²) in [5, 5.41) is 9.69. The molecule has 0 aliphatic rings. The van der Waals surface area contributed by atoms with Gasteiger partial charge in [0.15, 0.2) is 6.61 Å². The number of nitriles is 1. The molecule has 0 unspecified atom stereocenters. The van der Waals surface area contributed by atoms with E-state index in [1.165, 1.54) is 7.11 Å². The van der Waals surface area contributed by atoms with Crippen molar-refractivity contribution >= 4 is 44.6 Å². The molecule has 1 N–H and O–H groups in total. The molecule has 28 heavy (non-hydrogen) atoms. The second-order valence-corrected chi connectivity index (χ2v) is 7.17. The van der Waals surface area contributed by atoms with Crippen LogP contribution in [0, 0.1) is 25.2 Å². The van der Waals surface area contributed by atoms with Crippen LogP contribution in [0.4, 0.5) is 0 Å². The number of fused-ring (bicyclic) bond motifs is 1. The molecule has 0 saturated heterocycles. The first-order valence-corrected chi connectivity index (χ1v) is 9.29. The van der Waals surface area contributed by atoms with E-state index < -0.39 is 5.97 Å². The lowest BCUT2D eigenvalue weighted by molar-refractivity contribution is -0.142. The van der Waals surface area contributed by atoms with Gasteiger partial charge in [-0.15, -0.1) is 0 Å². The lowest BCUT2D eigenvalue weighted by Gasteiger charge is -2.09. The average molecular weight is 440 g/mol. The Morgan fingerprint density at radius 2 is 2.04 bits per heavy atom. The van der Waals surface area contributed by atoms with Crippen molar-refractivity contribution in [2.24, 2.45) is 0 Å². The Bertz CT molecular complexity index is 1090. The predicted molar refractivity (Wildman–Crippen MR) is 111 cm³/mol. The van der Waals surface area contributed by atoms with E-state index in [0.29, 0.717) is 22.7 Å². The standard InChI is InChI=1S/C21H18BrN3O3/c1-12-6-17-18(7-13(12)2)25-21(24-17)15(10-23)8-14-9-16(22)4-5-19(14)28-11-20(26)27-3/h4-9H,11H2,1-3H3,(H,24,25)/b15-8+. The van der Waals surface area contributed by atoms with Crippen LogP contribution >= 0.6 is 15.9 Å². The quantitative estimate of drug-likeness (QED) is 0.464. The molecule has 0 aliphatic carbocycles. The summed E-state index contributed by atoms with van der Waals surface area (Å²) < 4.78 is 11.0. The minimum atomic E-state index is -0.485. The molecule has 142 valence electrons. The fourth-order valence-electron chi connectivity index (χ4n) is 2.67. The largest absolute Gasteiger partial charge is 0.481 e. The van der Waals surface area contributed by atoms with Crippen molar-refractivity contribution in [2.45, 2.75) is 13.8 Å². The molecule has 0 amide bonds. The van der Waals surface area contributed by atoms with Crippen LogP contribution in [-0.4, -0.2) is 29.7 Å². The maximum absolute atomic E-state index is 11.4. The van der Waals surface area contributed by atoms with Crippen molar-refractivity contribution in [3.05, 3.63) is 57.3 Å². The minimum Gasteiger partial charge on any atom is -0.481 e. The zero-order valence-corrected chi connectivity index (χ0v) is 17.3. The number of H-pyrrole nitrogens is 1. The highest BCUT2D eigenvalue weighted by atomic mass is 79.9. The van der Waals surface area contributed by atoms with E-state index in [1.54, 1.807) is 24.3 Å². The van der Waals surface area contributed by atoms with Gasteiger partial charge in [0.2, 0.25) is 0 Å². The molecule has 0 spiro atoms. The van der Waals surface area contributed by atoms with Crippen LogP contribution in [0.2, 0.25) is 0 Å². The number of hydrogen-bond donors (Lipinski definition) is 1. The zero-order chi connectivity index (χ0) is 20.3. The summed E-state index contributed by atoms with van der Waals surface area (Å²) in [6, 6.07) is 11.5. The molecule has 0 atom stereocenters. The normalized spacial score (nSPS) is 11.3. The lowest BCUT2D eigenvalue weighted by atomic mass is 10.1. The Morgan fingerprint density at radius 1 is 1.29 bits per heavy atom. The molecule has 0 bridgehead atoms. The minimum absolute atomic E-state index is 0.218. The van der Waals surface area contributed by atoms with Gasteiger partial charge in [-0.1, -0.05) is 15.9 Å². The second-order valence-electron chi connectivity index (χ2n) is 6.26. The van der Waals surface area contributed by atoms with Gasteiger partial charge in [0.1, 0.15) is 17.6 Å². The fourth-order valence-corrected chi connectivity index (χ4v) is 3.04. The summed E-state index contributed by atoms with van der Waals surface area (Å²) in [5.74, 6) is 0.451. The number of rotatable bonds is 5. The molecule has 0 saturated carbocycles. The molecule has 0 fully saturated rings. The Labute approximate surface area is 170 Å². The molecular formula is C21H18BrN3O3. The molecule has 0 radical (unpaired) electrons. The van der Waals surface area contributed by atoms with Crippen LogP contribution in [-0.2, 0) is 9.53 Å². The molecule has 3 rings (SSSR count). The van der Waals surface area contributed by atoms with Crippen molar-refractivity contribution in [2.75, 3.05) is 13.7 Å². The molecule has 7 heteroatoms. The number of aromatic nitrogens is 2. The van der Waals surface area contributed by atoms with E-state index in [9.17, 15) is 10.1 Å². The number of halogens is 1. The van der Waals surface area contributed by atoms with E-state index in [1.807, 2.05) is 26.0 Å². The number of hydrogen-bond acceptors (Lipinski definition) is 5. The van der Waals surface area contributed by atoms with E-state index in [-0.39, 0.29) is 6.61 Å². The summed E-state index contributed by atoms with van der Waals surface area (Å²) in [4.78, 5) is 19.1. The van der Waals surface area contributed by atoms with Crippen molar-refractivity contribution in [3.8, 4) is 11.8 Å². The maximum atomic E-state index is 11.4. The first-order chi connectivity index (χ1) is 13.4. The average Bonchev–Trinajstić information content (AvgIpc) is 3.07. The lowest BCUT2D eigenvalue weighted by Crippen LogP contribution is -2.13. The topological polar surface area (TPSA) is 88.0 Å². The van der Waals surface area contributed by atoms with E-state index in [0.717, 1.165) is 26.6 Å². The second kappa shape index (κ2) is 8.28. The predicted octanol–water partition coefficient (Wildman–Crippen LogP) is 4.56. The number of nitrogens with zero attached hydrogens (tertiary/aromatic N) is 2. The summed E-state index contributed by atoms with van der Waals surface area (Å²) in [5.41, 5.74) is 4.95. The van der Waals surface area contributed by atoms with Crippen LogP contribution in [0.5, 0.6) is 5.75 Å². The number of imidazole rings is 1. The van der Waals surface area contributed by atoms with Gasteiger partial charge in [-0.3, -0.25) is 0 Å².